The van der Waals surface area contributed by atoms with Gasteiger partial charge in [-0.3, -0.25) is 0 Å². The third-order valence-corrected chi connectivity index (χ3v) is 2.65. The molecule has 0 aromatic carbocycles. The van der Waals surface area contributed by atoms with E-state index in [-0.39, 0.29) is 5.95 Å². The van der Waals surface area contributed by atoms with Gasteiger partial charge in [-0.25, -0.2) is 15.0 Å². The number of anilines is 1. The Kier molecular flexibility index (Phi) is 2.89. The van der Waals surface area contributed by atoms with Crippen LogP contribution in [0.2, 0.25) is 0 Å². The average molecular weight is 222 g/mol. The molecule has 0 bridgehead atoms. The van der Waals surface area contributed by atoms with E-state index in [1.807, 2.05) is 5.38 Å². The monoisotopic (exact) mass is 222 g/mol. The van der Waals surface area contributed by atoms with Crippen molar-refractivity contribution >= 4 is 17.3 Å². The molecule has 0 aliphatic rings. The van der Waals surface area contributed by atoms with Gasteiger partial charge in [0.05, 0.1) is 12.3 Å². The molecule has 0 radical (unpaired) electrons. The van der Waals surface area contributed by atoms with Gasteiger partial charge in [0.2, 0.25) is 5.95 Å². The van der Waals surface area contributed by atoms with Crippen LogP contribution in [0.3, 0.4) is 0 Å². The molecule has 0 aliphatic carbocycles. The Balaban J connectivity index is 2.29. The molecule has 5 nitrogen and oxygen atoms in total. The molecule has 2 heterocycles. The van der Waals surface area contributed by atoms with Gasteiger partial charge < -0.3 is 10.5 Å². The second-order valence-electron chi connectivity index (χ2n) is 2.88. The van der Waals surface area contributed by atoms with E-state index in [2.05, 4.69) is 15.0 Å². The summed E-state index contributed by atoms with van der Waals surface area (Å²) in [5, 5.41) is 2.77. The zero-order valence-corrected chi connectivity index (χ0v) is 8.99. The third-order valence-electron chi connectivity index (χ3n) is 1.74. The molecule has 15 heavy (non-hydrogen) atoms. The van der Waals surface area contributed by atoms with Crippen LogP contribution in [0.15, 0.2) is 17.6 Å². The molecule has 2 aromatic rings. The largest absolute Gasteiger partial charge is 0.378 e. The van der Waals surface area contributed by atoms with Crippen molar-refractivity contribution in [2.24, 2.45) is 0 Å². The number of aromatic nitrogens is 3. The SMILES string of the molecule is COCc1csc(-c2ccnc(N)n2)n1. The van der Waals surface area contributed by atoms with Crippen molar-refractivity contribution in [1.29, 1.82) is 0 Å². The van der Waals surface area contributed by atoms with Gasteiger partial charge in [0, 0.05) is 18.7 Å². The maximum Gasteiger partial charge on any atom is 0.220 e. The summed E-state index contributed by atoms with van der Waals surface area (Å²) in [6, 6.07) is 1.78. The fourth-order valence-electron chi connectivity index (χ4n) is 1.13. The van der Waals surface area contributed by atoms with Crippen molar-refractivity contribution in [1.82, 2.24) is 15.0 Å². The van der Waals surface area contributed by atoms with Gasteiger partial charge in [-0.2, -0.15) is 0 Å². The lowest BCUT2D eigenvalue weighted by Crippen LogP contribution is -1.95. The van der Waals surface area contributed by atoms with Crippen molar-refractivity contribution < 1.29 is 4.74 Å². The van der Waals surface area contributed by atoms with E-state index in [9.17, 15) is 0 Å². The number of thiazole rings is 1. The number of ether oxygens (including phenoxy) is 1. The fraction of sp³-hybridized carbons (Fsp3) is 0.222. The smallest absolute Gasteiger partial charge is 0.220 e. The number of nitrogens with zero attached hydrogens (tertiary/aromatic N) is 3. The molecule has 2 N–H and O–H groups in total. The van der Waals surface area contributed by atoms with Crippen LogP contribution in [0.5, 0.6) is 0 Å². The summed E-state index contributed by atoms with van der Waals surface area (Å²) in [7, 11) is 1.64. The van der Waals surface area contributed by atoms with E-state index in [0.29, 0.717) is 6.61 Å². The summed E-state index contributed by atoms with van der Waals surface area (Å²) >= 11 is 1.51. The van der Waals surface area contributed by atoms with Crippen molar-refractivity contribution in [2.45, 2.75) is 6.61 Å². The van der Waals surface area contributed by atoms with Crippen molar-refractivity contribution in [3.8, 4) is 10.7 Å². The highest BCUT2D eigenvalue weighted by Crippen LogP contribution is 2.21. The minimum Gasteiger partial charge on any atom is -0.378 e. The maximum absolute atomic E-state index is 5.49. The van der Waals surface area contributed by atoms with Crippen LogP contribution in [0.25, 0.3) is 10.7 Å². The Morgan fingerprint density at radius 3 is 3.07 bits per heavy atom. The number of nitrogen functional groups attached to an aromatic ring is 1. The van der Waals surface area contributed by atoms with Crippen LogP contribution < -0.4 is 5.73 Å². The molecule has 78 valence electrons. The second kappa shape index (κ2) is 4.33. The molecule has 0 amide bonds. The van der Waals surface area contributed by atoms with E-state index < -0.39 is 0 Å². The van der Waals surface area contributed by atoms with E-state index in [0.717, 1.165) is 16.4 Å². The molecule has 0 saturated heterocycles. The van der Waals surface area contributed by atoms with Crippen LogP contribution in [0, 0.1) is 0 Å². The van der Waals surface area contributed by atoms with Crippen LogP contribution in [-0.4, -0.2) is 22.1 Å². The number of hydrogen-bond donors (Lipinski definition) is 1. The topological polar surface area (TPSA) is 73.9 Å². The average Bonchev–Trinajstić information content (AvgIpc) is 2.67. The lowest BCUT2D eigenvalue weighted by atomic mass is 10.4. The third kappa shape index (κ3) is 2.28. The van der Waals surface area contributed by atoms with E-state index >= 15 is 0 Å². The lowest BCUT2D eigenvalue weighted by molar-refractivity contribution is 0.182. The summed E-state index contributed by atoms with van der Waals surface area (Å²) in [5.74, 6) is 0.260. The Bertz CT molecular complexity index is 457. The zero-order valence-electron chi connectivity index (χ0n) is 8.17. The predicted molar refractivity (Wildman–Crippen MR) is 58.3 cm³/mol. The lowest BCUT2D eigenvalue weighted by Gasteiger charge is -1.95. The van der Waals surface area contributed by atoms with Crippen LogP contribution in [0.4, 0.5) is 5.95 Å². The minimum atomic E-state index is 0.260. The van der Waals surface area contributed by atoms with Gasteiger partial charge in [-0.15, -0.1) is 11.3 Å². The normalized spacial score (nSPS) is 10.5. The highest BCUT2D eigenvalue weighted by Gasteiger charge is 2.06. The van der Waals surface area contributed by atoms with Gasteiger partial charge in [-0.1, -0.05) is 0 Å². The summed E-state index contributed by atoms with van der Waals surface area (Å²) in [4.78, 5) is 12.3. The first-order valence-electron chi connectivity index (χ1n) is 4.32. The highest BCUT2D eigenvalue weighted by molar-refractivity contribution is 7.13. The molecule has 0 unspecified atom stereocenters. The zero-order chi connectivity index (χ0) is 10.7. The van der Waals surface area contributed by atoms with E-state index in [1.54, 1.807) is 19.4 Å². The molecular weight excluding hydrogens is 212 g/mol. The maximum atomic E-state index is 5.49. The van der Waals surface area contributed by atoms with Crippen molar-refractivity contribution in [3.63, 3.8) is 0 Å². The van der Waals surface area contributed by atoms with Gasteiger partial charge in [0.25, 0.3) is 0 Å². The highest BCUT2D eigenvalue weighted by atomic mass is 32.1. The quantitative estimate of drug-likeness (QED) is 0.848. The molecule has 0 aliphatic heterocycles. The Morgan fingerprint density at radius 1 is 1.47 bits per heavy atom. The van der Waals surface area contributed by atoms with Gasteiger partial charge in [0.1, 0.15) is 10.7 Å². The Hall–Kier alpha value is -1.53. The Labute approximate surface area is 91.0 Å². The summed E-state index contributed by atoms with van der Waals surface area (Å²) in [5.41, 5.74) is 7.13. The number of rotatable bonds is 3. The number of hydrogen-bond acceptors (Lipinski definition) is 6. The van der Waals surface area contributed by atoms with Crippen LogP contribution in [0.1, 0.15) is 5.69 Å². The molecule has 0 fully saturated rings. The first-order valence-corrected chi connectivity index (χ1v) is 5.20. The summed E-state index contributed by atoms with van der Waals surface area (Å²) in [6.45, 7) is 0.511. The van der Waals surface area contributed by atoms with Crippen molar-refractivity contribution in [3.05, 3.63) is 23.3 Å². The van der Waals surface area contributed by atoms with E-state index in [1.165, 1.54) is 11.3 Å². The molecule has 2 rings (SSSR count). The van der Waals surface area contributed by atoms with Gasteiger partial charge >= 0.3 is 0 Å². The number of methoxy groups -OCH3 is 1. The summed E-state index contributed by atoms with van der Waals surface area (Å²) < 4.78 is 4.99. The molecular formula is C9H10N4OS. The first kappa shape index (κ1) is 10.0. The number of nitrogens with two attached hydrogens (primary N) is 1. The molecule has 6 heteroatoms. The fourth-order valence-corrected chi connectivity index (χ4v) is 1.90. The molecule has 0 atom stereocenters. The summed E-state index contributed by atoms with van der Waals surface area (Å²) in [6.07, 6.45) is 1.62. The van der Waals surface area contributed by atoms with Crippen molar-refractivity contribution in [2.75, 3.05) is 12.8 Å². The van der Waals surface area contributed by atoms with Crippen LogP contribution in [-0.2, 0) is 11.3 Å². The first-order chi connectivity index (χ1) is 7.29. The van der Waals surface area contributed by atoms with Crippen LogP contribution >= 0.6 is 11.3 Å². The molecule has 0 saturated carbocycles. The van der Waals surface area contributed by atoms with E-state index in [4.69, 9.17) is 10.5 Å². The van der Waals surface area contributed by atoms with Gasteiger partial charge in [-0.05, 0) is 6.07 Å². The Morgan fingerprint density at radius 2 is 2.33 bits per heavy atom. The molecule has 0 spiro atoms. The predicted octanol–water partition coefficient (Wildman–Crippen LogP) is 1.33. The second-order valence-corrected chi connectivity index (χ2v) is 3.74. The van der Waals surface area contributed by atoms with Gasteiger partial charge in [0.15, 0.2) is 0 Å². The molecule has 2 aromatic heterocycles. The minimum absolute atomic E-state index is 0.260. The standard InChI is InChI=1S/C9H10N4OS/c1-14-4-6-5-15-8(12-6)7-2-3-11-9(10)13-7/h2-3,5H,4H2,1H3,(H2,10,11,13).